The fourth-order valence-electron chi connectivity index (χ4n) is 2.76. The van der Waals surface area contributed by atoms with Crippen LogP contribution in [-0.4, -0.2) is 28.2 Å². The van der Waals surface area contributed by atoms with E-state index in [0.717, 1.165) is 38.2 Å². The number of hydrogen-bond acceptors (Lipinski definition) is 3. The first-order valence-corrected chi connectivity index (χ1v) is 7.01. The van der Waals surface area contributed by atoms with Crippen LogP contribution in [0.4, 0.5) is 0 Å². The largest absolute Gasteiger partial charge is 0.386 e. The van der Waals surface area contributed by atoms with Gasteiger partial charge in [0.1, 0.15) is 0 Å². The summed E-state index contributed by atoms with van der Waals surface area (Å²) in [6.07, 6.45) is 1.84. The van der Waals surface area contributed by atoms with Crippen LogP contribution in [0.15, 0.2) is 10.9 Å². The normalized spacial score (nSPS) is 16.5. The Bertz CT molecular complexity index is 526. The lowest BCUT2D eigenvalue weighted by molar-refractivity contribution is 0.0760. The number of pyridine rings is 1. The second kappa shape index (κ2) is 5.10. The topological polar surface area (TPSA) is 45.5 Å². The monoisotopic (exact) mass is 264 g/mol. The lowest BCUT2D eigenvalue weighted by atomic mass is 9.94. The van der Waals surface area contributed by atoms with E-state index in [9.17, 15) is 9.90 Å². The molecule has 0 amide bonds. The lowest BCUT2D eigenvalue weighted by Gasteiger charge is -2.30. The van der Waals surface area contributed by atoms with Crippen LogP contribution >= 0.6 is 0 Å². The molecule has 1 aliphatic rings. The molecule has 0 saturated carbocycles. The summed E-state index contributed by atoms with van der Waals surface area (Å²) in [6.45, 7) is 8.00. The molecule has 4 nitrogen and oxygen atoms in total. The molecule has 1 aliphatic heterocycles. The summed E-state index contributed by atoms with van der Waals surface area (Å²) in [7, 11) is 2.09. The molecule has 0 unspecified atom stereocenters. The third kappa shape index (κ3) is 2.74. The number of aliphatic hydroxyl groups is 1. The molecular weight excluding hydrogens is 240 g/mol. The van der Waals surface area contributed by atoms with Crippen molar-refractivity contribution in [2.45, 2.75) is 52.3 Å². The zero-order valence-corrected chi connectivity index (χ0v) is 12.4. The van der Waals surface area contributed by atoms with E-state index in [4.69, 9.17) is 0 Å². The highest BCUT2D eigenvalue weighted by Crippen LogP contribution is 2.23. The van der Waals surface area contributed by atoms with Gasteiger partial charge in [-0.05, 0) is 38.9 Å². The van der Waals surface area contributed by atoms with Crippen LogP contribution < -0.4 is 5.56 Å². The predicted molar refractivity (Wildman–Crippen MR) is 76.3 cm³/mol. The summed E-state index contributed by atoms with van der Waals surface area (Å²) >= 11 is 0. The van der Waals surface area contributed by atoms with Gasteiger partial charge in [0.15, 0.2) is 0 Å². The molecule has 0 saturated heterocycles. The number of fused-ring (bicyclic) bond motifs is 1. The fourth-order valence-corrected chi connectivity index (χ4v) is 2.76. The molecule has 0 fully saturated rings. The first-order valence-electron chi connectivity index (χ1n) is 7.01. The molecule has 0 spiro atoms. The molecule has 1 N–H and O–H groups in total. The van der Waals surface area contributed by atoms with Crippen LogP contribution in [0.2, 0.25) is 0 Å². The third-order valence-electron chi connectivity index (χ3n) is 3.77. The maximum Gasteiger partial charge on any atom is 0.256 e. The van der Waals surface area contributed by atoms with E-state index < -0.39 is 5.60 Å². The number of nitrogens with zero attached hydrogens (tertiary/aromatic N) is 2. The van der Waals surface area contributed by atoms with Crippen molar-refractivity contribution in [2.24, 2.45) is 0 Å². The molecule has 0 atom stereocenters. The zero-order chi connectivity index (χ0) is 14.2. The summed E-state index contributed by atoms with van der Waals surface area (Å²) in [6, 6.07) is 1.90. The molecule has 0 radical (unpaired) electrons. The summed E-state index contributed by atoms with van der Waals surface area (Å²) in [5, 5.41) is 10.2. The van der Waals surface area contributed by atoms with Crippen molar-refractivity contribution in [1.82, 2.24) is 9.47 Å². The van der Waals surface area contributed by atoms with Gasteiger partial charge in [0.25, 0.3) is 5.56 Å². The van der Waals surface area contributed by atoms with Crippen molar-refractivity contribution >= 4 is 0 Å². The van der Waals surface area contributed by atoms with Gasteiger partial charge in [-0.25, -0.2) is 0 Å². The Morgan fingerprint density at radius 3 is 2.68 bits per heavy atom. The quantitative estimate of drug-likeness (QED) is 0.899. The molecule has 19 heavy (non-hydrogen) atoms. The molecule has 106 valence electrons. The molecule has 1 aromatic rings. The SMILES string of the molecule is CCCn1c2c(cc(C(C)(C)O)c1=O)CN(C)CC2. The van der Waals surface area contributed by atoms with E-state index in [-0.39, 0.29) is 5.56 Å². The average Bonchev–Trinajstić information content (AvgIpc) is 2.31. The molecule has 2 rings (SSSR count). The maximum absolute atomic E-state index is 12.5. The highest BCUT2D eigenvalue weighted by Gasteiger charge is 2.26. The standard InChI is InChI=1S/C15H24N2O2/c1-5-7-17-13-6-8-16(4)10-11(13)9-12(14(17)18)15(2,3)19/h9,19H,5-8,10H2,1-4H3. The Labute approximate surface area is 114 Å². The van der Waals surface area contributed by atoms with Gasteiger partial charge >= 0.3 is 0 Å². The van der Waals surface area contributed by atoms with E-state index in [1.165, 1.54) is 5.56 Å². The maximum atomic E-state index is 12.5. The van der Waals surface area contributed by atoms with E-state index >= 15 is 0 Å². The van der Waals surface area contributed by atoms with E-state index in [1.807, 2.05) is 10.6 Å². The van der Waals surface area contributed by atoms with E-state index in [0.29, 0.717) is 5.56 Å². The predicted octanol–water partition coefficient (Wildman–Crippen LogP) is 1.47. The molecular formula is C15H24N2O2. The molecule has 0 aromatic carbocycles. The number of hydrogen-bond donors (Lipinski definition) is 1. The van der Waals surface area contributed by atoms with Crippen LogP contribution in [0.1, 0.15) is 44.0 Å². The van der Waals surface area contributed by atoms with Crippen LogP contribution in [0.3, 0.4) is 0 Å². The van der Waals surface area contributed by atoms with Gasteiger partial charge in [0.05, 0.1) is 5.60 Å². The molecule has 4 heteroatoms. The summed E-state index contributed by atoms with van der Waals surface area (Å²) in [4.78, 5) is 14.8. The molecule has 1 aromatic heterocycles. The smallest absolute Gasteiger partial charge is 0.256 e. The number of aromatic nitrogens is 1. The minimum Gasteiger partial charge on any atom is -0.386 e. The minimum absolute atomic E-state index is 0.0300. The second-order valence-electron chi connectivity index (χ2n) is 6.03. The van der Waals surface area contributed by atoms with Gasteiger partial charge in [-0.3, -0.25) is 4.79 Å². The Morgan fingerprint density at radius 1 is 1.42 bits per heavy atom. The van der Waals surface area contributed by atoms with Gasteiger partial charge in [0.2, 0.25) is 0 Å². The van der Waals surface area contributed by atoms with Crippen molar-refractivity contribution in [3.05, 3.63) is 33.2 Å². The van der Waals surface area contributed by atoms with Crippen LogP contribution in [0.25, 0.3) is 0 Å². The number of likely N-dealkylation sites (N-methyl/N-ethyl adjacent to an activating group) is 1. The highest BCUT2D eigenvalue weighted by molar-refractivity contribution is 5.31. The Morgan fingerprint density at radius 2 is 2.11 bits per heavy atom. The second-order valence-corrected chi connectivity index (χ2v) is 6.03. The lowest BCUT2D eigenvalue weighted by Crippen LogP contribution is -2.38. The van der Waals surface area contributed by atoms with Crippen molar-refractivity contribution < 1.29 is 5.11 Å². The third-order valence-corrected chi connectivity index (χ3v) is 3.77. The summed E-state index contributed by atoms with van der Waals surface area (Å²) < 4.78 is 1.87. The number of rotatable bonds is 3. The first kappa shape index (κ1) is 14.3. The van der Waals surface area contributed by atoms with Gasteiger partial charge in [-0.2, -0.15) is 0 Å². The summed E-state index contributed by atoms with van der Waals surface area (Å²) in [5.74, 6) is 0. The van der Waals surface area contributed by atoms with Crippen LogP contribution in [0, 0.1) is 0 Å². The summed E-state index contributed by atoms with van der Waals surface area (Å²) in [5.41, 5.74) is 1.72. The molecule has 0 aliphatic carbocycles. The first-order chi connectivity index (χ1) is 8.84. The van der Waals surface area contributed by atoms with Gasteiger partial charge < -0.3 is 14.6 Å². The Hall–Kier alpha value is -1.13. The Kier molecular flexibility index (Phi) is 3.83. The van der Waals surface area contributed by atoms with Crippen LogP contribution in [-0.2, 0) is 25.1 Å². The fraction of sp³-hybridized carbons (Fsp3) is 0.667. The Balaban J connectivity index is 2.64. The minimum atomic E-state index is -1.09. The molecule has 2 heterocycles. The van der Waals surface area contributed by atoms with Gasteiger partial charge in [-0.15, -0.1) is 0 Å². The van der Waals surface area contributed by atoms with Crippen LogP contribution in [0.5, 0.6) is 0 Å². The zero-order valence-electron chi connectivity index (χ0n) is 12.4. The van der Waals surface area contributed by atoms with Crippen molar-refractivity contribution in [1.29, 1.82) is 0 Å². The highest BCUT2D eigenvalue weighted by atomic mass is 16.3. The van der Waals surface area contributed by atoms with Gasteiger partial charge in [0, 0.05) is 37.3 Å². The molecule has 0 bridgehead atoms. The average molecular weight is 264 g/mol. The van der Waals surface area contributed by atoms with Crippen molar-refractivity contribution in [3.63, 3.8) is 0 Å². The van der Waals surface area contributed by atoms with E-state index in [1.54, 1.807) is 13.8 Å². The van der Waals surface area contributed by atoms with Crippen molar-refractivity contribution in [2.75, 3.05) is 13.6 Å². The van der Waals surface area contributed by atoms with Gasteiger partial charge in [-0.1, -0.05) is 6.92 Å². The van der Waals surface area contributed by atoms with E-state index in [2.05, 4.69) is 18.9 Å². The van der Waals surface area contributed by atoms with Crippen molar-refractivity contribution in [3.8, 4) is 0 Å².